The Kier molecular flexibility index (Phi) is 5.48. The Labute approximate surface area is 151 Å². The summed E-state index contributed by atoms with van der Waals surface area (Å²) < 4.78 is 16.0. The molecule has 1 amide bonds. The zero-order chi connectivity index (χ0) is 18.4. The number of hydrogen-bond donors (Lipinski definition) is 1. The predicted molar refractivity (Wildman–Crippen MR) is 96.2 cm³/mol. The van der Waals surface area contributed by atoms with Gasteiger partial charge in [-0.05, 0) is 24.3 Å². The summed E-state index contributed by atoms with van der Waals surface area (Å²) in [7, 11) is 3.10. The molecule has 1 aromatic heterocycles. The van der Waals surface area contributed by atoms with E-state index < -0.39 is 0 Å². The fourth-order valence-electron chi connectivity index (χ4n) is 2.41. The number of rotatable bonds is 7. The van der Waals surface area contributed by atoms with Crippen molar-refractivity contribution in [2.24, 2.45) is 0 Å². The first-order chi connectivity index (χ1) is 12.7. The summed E-state index contributed by atoms with van der Waals surface area (Å²) >= 11 is 0. The van der Waals surface area contributed by atoms with E-state index >= 15 is 0 Å². The smallest absolute Gasteiger partial charge is 0.247 e. The van der Waals surface area contributed by atoms with E-state index in [9.17, 15) is 4.79 Å². The molecule has 0 fully saturated rings. The Bertz CT molecular complexity index is 878. The average molecular weight is 353 g/mol. The van der Waals surface area contributed by atoms with Crippen molar-refractivity contribution in [3.05, 3.63) is 54.4 Å². The molecule has 26 heavy (non-hydrogen) atoms. The van der Waals surface area contributed by atoms with Gasteiger partial charge >= 0.3 is 0 Å². The molecule has 1 N–H and O–H groups in total. The van der Waals surface area contributed by atoms with Crippen molar-refractivity contribution in [1.29, 1.82) is 0 Å². The van der Waals surface area contributed by atoms with Crippen molar-refractivity contribution in [1.82, 2.24) is 10.2 Å². The Balaban J connectivity index is 1.57. The predicted octanol–water partition coefficient (Wildman–Crippen LogP) is 3.33. The van der Waals surface area contributed by atoms with Crippen LogP contribution in [0.1, 0.15) is 12.3 Å². The highest BCUT2D eigenvalue weighted by molar-refractivity contribution is 5.91. The summed E-state index contributed by atoms with van der Waals surface area (Å²) in [5.41, 5.74) is 1.48. The van der Waals surface area contributed by atoms with Crippen LogP contribution in [0.2, 0.25) is 0 Å². The lowest BCUT2D eigenvalue weighted by Crippen LogP contribution is -2.12. The van der Waals surface area contributed by atoms with Crippen LogP contribution < -0.4 is 14.8 Å². The van der Waals surface area contributed by atoms with E-state index in [2.05, 4.69) is 15.5 Å². The number of anilines is 1. The minimum Gasteiger partial charge on any atom is -0.493 e. The van der Waals surface area contributed by atoms with E-state index in [1.54, 1.807) is 32.4 Å². The lowest BCUT2D eigenvalue weighted by Gasteiger charge is -2.10. The van der Waals surface area contributed by atoms with Crippen molar-refractivity contribution in [2.75, 3.05) is 19.5 Å². The van der Waals surface area contributed by atoms with Crippen molar-refractivity contribution in [3.8, 4) is 23.0 Å². The van der Waals surface area contributed by atoms with Gasteiger partial charge in [-0.2, -0.15) is 0 Å². The third kappa shape index (κ3) is 4.18. The molecule has 0 radical (unpaired) electrons. The van der Waals surface area contributed by atoms with Gasteiger partial charge in [-0.1, -0.05) is 18.2 Å². The lowest BCUT2D eigenvalue weighted by molar-refractivity contribution is -0.116. The van der Waals surface area contributed by atoms with Crippen LogP contribution in [-0.4, -0.2) is 30.3 Å². The largest absolute Gasteiger partial charge is 0.493 e. The van der Waals surface area contributed by atoms with Gasteiger partial charge in [0.05, 0.1) is 14.2 Å². The molecular formula is C19H19N3O4. The summed E-state index contributed by atoms with van der Waals surface area (Å²) in [6.07, 6.45) is 0.587. The minimum absolute atomic E-state index is 0.156. The van der Waals surface area contributed by atoms with E-state index in [0.29, 0.717) is 35.4 Å². The number of benzene rings is 2. The molecule has 3 rings (SSSR count). The second-order valence-electron chi connectivity index (χ2n) is 5.48. The number of nitrogens with one attached hydrogen (secondary N) is 1. The van der Waals surface area contributed by atoms with E-state index in [1.807, 2.05) is 30.3 Å². The average Bonchev–Trinajstić information content (AvgIpc) is 3.16. The maximum Gasteiger partial charge on any atom is 0.247 e. The molecule has 0 spiro atoms. The first-order valence-corrected chi connectivity index (χ1v) is 8.09. The lowest BCUT2D eigenvalue weighted by atomic mass is 10.2. The second-order valence-corrected chi connectivity index (χ2v) is 5.48. The third-order valence-corrected chi connectivity index (χ3v) is 3.72. The van der Waals surface area contributed by atoms with Crippen molar-refractivity contribution in [3.63, 3.8) is 0 Å². The molecular weight excluding hydrogens is 334 g/mol. The fourth-order valence-corrected chi connectivity index (χ4v) is 2.41. The Morgan fingerprint density at radius 1 is 1.04 bits per heavy atom. The molecule has 7 heteroatoms. The van der Waals surface area contributed by atoms with Crippen LogP contribution in [-0.2, 0) is 11.2 Å². The van der Waals surface area contributed by atoms with E-state index in [1.165, 1.54) is 0 Å². The molecule has 0 aliphatic rings. The number of carbonyl (C=O) groups is 1. The first kappa shape index (κ1) is 17.5. The monoisotopic (exact) mass is 353 g/mol. The van der Waals surface area contributed by atoms with Crippen LogP contribution in [0.4, 0.5) is 5.69 Å². The molecule has 1 heterocycles. The molecule has 0 aliphatic heterocycles. The van der Waals surface area contributed by atoms with Crippen LogP contribution in [0.15, 0.2) is 52.9 Å². The minimum atomic E-state index is -0.156. The molecule has 0 aliphatic carbocycles. The quantitative estimate of drug-likeness (QED) is 0.701. The molecule has 134 valence electrons. The summed E-state index contributed by atoms with van der Waals surface area (Å²) in [4.78, 5) is 12.1. The summed E-state index contributed by atoms with van der Waals surface area (Å²) in [6, 6.07) is 14.7. The number of aromatic nitrogens is 2. The van der Waals surface area contributed by atoms with Gasteiger partial charge < -0.3 is 19.2 Å². The fraction of sp³-hybridized carbons (Fsp3) is 0.211. The molecule has 0 unspecified atom stereocenters. The normalized spacial score (nSPS) is 10.4. The Morgan fingerprint density at radius 3 is 2.54 bits per heavy atom. The number of amides is 1. The van der Waals surface area contributed by atoms with Crippen LogP contribution in [0.3, 0.4) is 0 Å². The highest BCUT2D eigenvalue weighted by Crippen LogP contribution is 2.29. The number of methoxy groups -OCH3 is 2. The summed E-state index contributed by atoms with van der Waals surface area (Å²) in [6.45, 7) is 0. The molecule has 0 saturated carbocycles. The van der Waals surface area contributed by atoms with Gasteiger partial charge in [0.1, 0.15) is 0 Å². The maximum atomic E-state index is 12.1. The van der Waals surface area contributed by atoms with Crippen LogP contribution in [0.5, 0.6) is 11.5 Å². The van der Waals surface area contributed by atoms with Crippen molar-refractivity contribution < 1.29 is 18.7 Å². The topological polar surface area (TPSA) is 86.5 Å². The Morgan fingerprint density at radius 2 is 1.81 bits per heavy atom. The van der Waals surface area contributed by atoms with E-state index in [4.69, 9.17) is 13.9 Å². The van der Waals surface area contributed by atoms with Crippen LogP contribution >= 0.6 is 0 Å². The third-order valence-electron chi connectivity index (χ3n) is 3.72. The van der Waals surface area contributed by atoms with Gasteiger partial charge in [-0.15, -0.1) is 10.2 Å². The SMILES string of the molecule is COc1ccc(NC(=O)CCc2nnc(-c3ccccc3)o2)cc1OC. The van der Waals surface area contributed by atoms with Crippen molar-refractivity contribution in [2.45, 2.75) is 12.8 Å². The molecule has 2 aromatic carbocycles. The maximum absolute atomic E-state index is 12.1. The van der Waals surface area contributed by atoms with Crippen LogP contribution in [0, 0.1) is 0 Å². The van der Waals surface area contributed by atoms with Gasteiger partial charge in [0.25, 0.3) is 0 Å². The number of carbonyl (C=O) groups excluding carboxylic acids is 1. The standard InChI is InChI=1S/C19H19N3O4/c1-24-15-9-8-14(12-16(15)25-2)20-17(23)10-11-18-21-22-19(26-18)13-6-4-3-5-7-13/h3-9,12H,10-11H2,1-2H3,(H,20,23). The Hall–Kier alpha value is -3.35. The zero-order valence-corrected chi connectivity index (χ0v) is 14.6. The second kappa shape index (κ2) is 8.15. The summed E-state index contributed by atoms with van der Waals surface area (Å²) in [5.74, 6) is 1.86. The number of aryl methyl sites for hydroxylation is 1. The molecule has 7 nitrogen and oxygen atoms in total. The summed E-state index contributed by atoms with van der Waals surface area (Å²) in [5, 5.41) is 10.8. The zero-order valence-electron chi connectivity index (χ0n) is 14.6. The van der Waals surface area contributed by atoms with Crippen LogP contribution in [0.25, 0.3) is 11.5 Å². The molecule has 0 bridgehead atoms. The highest BCUT2D eigenvalue weighted by atomic mass is 16.5. The molecule has 0 atom stereocenters. The van der Waals surface area contributed by atoms with E-state index in [0.717, 1.165) is 5.56 Å². The van der Waals surface area contributed by atoms with Gasteiger partial charge in [0, 0.05) is 30.2 Å². The van der Waals surface area contributed by atoms with Gasteiger partial charge in [0.2, 0.25) is 17.7 Å². The van der Waals surface area contributed by atoms with E-state index in [-0.39, 0.29) is 12.3 Å². The number of nitrogens with zero attached hydrogens (tertiary/aromatic N) is 2. The number of ether oxygens (including phenoxy) is 2. The molecule has 3 aromatic rings. The van der Waals surface area contributed by atoms with Gasteiger partial charge in [0.15, 0.2) is 11.5 Å². The van der Waals surface area contributed by atoms with Gasteiger partial charge in [-0.3, -0.25) is 4.79 Å². The van der Waals surface area contributed by atoms with Crippen molar-refractivity contribution >= 4 is 11.6 Å². The van der Waals surface area contributed by atoms with Gasteiger partial charge in [-0.25, -0.2) is 0 Å². The molecule has 0 saturated heterocycles. The number of hydrogen-bond acceptors (Lipinski definition) is 6. The highest BCUT2D eigenvalue weighted by Gasteiger charge is 2.11. The first-order valence-electron chi connectivity index (χ1n) is 8.09.